The summed E-state index contributed by atoms with van der Waals surface area (Å²) in [4.78, 5) is 16.4. The van der Waals surface area contributed by atoms with Crippen molar-refractivity contribution in [3.63, 3.8) is 0 Å². The summed E-state index contributed by atoms with van der Waals surface area (Å²) in [7, 11) is 0. The summed E-state index contributed by atoms with van der Waals surface area (Å²) in [6.07, 6.45) is 16.0. The monoisotopic (exact) mass is 676 g/mol. The maximum Gasteiger partial charge on any atom is 0.135 e. The van der Waals surface area contributed by atoms with Gasteiger partial charge in [0.05, 0.1) is 0 Å². The van der Waals surface area contributed by atoms with Gasteiger partial charge in [-0.2, -0.15) is 0 Å². The molecule has 2 aromatic carbocycles. The second-order valence-electron chi connectivity index (χ2n) is 10.7. The van der Waals surface area contributed by atoms with Crippen LogP contribution in [-0.4, -0.2) is 32.0 Å². The molecule has 2 aromatic heterocycles. The van der Waals surface area contributed by atoms with Crippen molar-refractivity contribution in [2.45, 2.75) is 76.3 Å². The Labute approximate surface area is 281 Å². The van der Waals surface area contributed by atoms with Gasteiger partial charge < -0.3 is 21.7 Å². The van der Waals surface area contributed by atoms with E-state index < -0.39 is 0 Å². The van der Waals surface area contributed by atoms with E-state index >= 15 is 0 Å². The van der Waals surface area contributed by atoms with Crippen molar-refractivity contribution in [1.29, 1.82) is 0 Å². The van der Waals surface area contributed by atoms with Crippen molar-refractivity contribution in [2.75, 3.05) is 16.0 Å². The van der Waals surface area contributed by atoms with Crippen LogP contribution in [0.4, 0.5) is 28.8 Å². The molecular weight excluding hydrogens is 638 g/mol. The number of hydrogen-bond donors (Lipinski definition) is 4. The van der Waals surface area contributed by atoms with Crippen molar-refractivity contribution in [3.8, 4) is 0 Å². The highest BCUT2D eigenvalue weighted by atomic mass is 35.5. The van der Waals surface area contributed by atoms with Crippen LogP contribution in [0.5, 0.6) is 0 Å². The highest BCUT2D eigenvalue weighted by molar-refractivity contribution is 6.31. The van der Waals surface area contributed by atoms with Gasteiger partial charge in [-0.15, -0.1) is 12.4 Å². The standard InChI is InChI=1S/C16H19ClN4.C10H7Cl2N3.C6H13N.ClH/c17-12-5-4-8-14(9-12)21-16-10-15(18-11-19-16)20-13-6-2-1-3-7-13;11-7-2-1-3-8(4-7)15-10-5-9(12)13-6-14-10;7-6-4-2-1-3-5-6;/h4-5,8-11,13H,1-3,6-7H2,(H2,18,19,20,21);1-6H,(H,13,14,15);6H,1-5,7H2;1H. The Bertz CT molecular complexity index is 1350. The first kappa shape index (κ1) is 35.6. The summed E-state index contributed by atoms with van der Waals surface area (Å²) in [6, 6.07) is 19.6. The molecule has 0 atom stereocenters. The topological polar surface area (TPSA) is 114 Å². The van der Waals surface area contributed by atoms with Crippen molar-refractivity contribution in [1.82, 2.24) is 19.9 Å². The Hall–Kier alpha value is -2.88. The van der Waals surface area contributed by atoms with Crippen molar-refractivity contribution in [3.05, 3.63) is 88.5 Å². The van der Waals surface area contributed by atoms with Crippen LogP contribution in [-0.2, 0) is 0 Å². The number of rotatable bonds is 6. The minimum Gasteiger partial charge on any atom is -0.367 e. The van der Waals surface area contributed by atoms with Crippen LogP contribution in [0.3, 0.4) is 0 Å². The molecule has 0 radical (unpaired) electrons. The minimum atomic E-state index is 0. The summed E-state index contributed by atoms with van der Waals surface area (Å²) in [5.41, 5.74) is 7.41. The molecule has 2 fully saturated rings. The minimum absolute atomic E-state index is 0. The predicted octanol–water partition coefficient (Wildman–Crippen LogP) is 9.84. The first-order chi connectivity index (χ1) is 20.9. The lowest BCUT2D eigenvalue weighted by Crippen LogP contribution is -2.22. The molecule has 0 saturated heterocycles. The summed E-state index contributed by atoms with van der Waals surface area (Å²) in [6.45, 7) is 0. The van der Waals surface area contributed by atoms with E-state index in [4.69, 9.17) is 40.5 Å². The highest BCUT2D eigenvalue weighted by Crippen LogP contribution is 2.24. The fourth-order valence-corrected chi connectivity index (χ4v) is 5.45. The quantitative estimate of drug-likeness (QED) is 0.149. The molecule has 5 N–H and O–H groups in total. The summed E-state index contributed by atoms with van der Waals surface area (Å²) < 4.78 is 0. The molecule has 0 unspecified atom stereocenters. The van der Waals surface area contributed by atoms with Crippen LogP contribution < -0.4 is 21.7 Å². The van der Waals surface area contributed by atoms with Crippen LogP contribution >= 0.6 is 47.2 Å². The SMILES string of the molecule is Cl.Clc1cccc(Nc2cc(Cl)ncn2)c1.Clc1cccc(Nc2cc(NC3CCCCC3)ncn2)c1.NC1CCCCC1. The van der Waals surface area contributed by atoms with E-state index in [1.807, 2.05) is 42.5 Å². The van der Waals surface area contributed by atoms with Gasteiger partial charge in [0.2, 0.25) is 0 Å². The number of nitrogens with two attached hydrogens (primary N) is 1. The maximum atomic E-state index is 5.99. The van der Waals surface area contributed by atoms with E-state index in [9.17, 15) is 0 Å². The predicted molar refractivity (Wildman–Crippen MR) is 187 cm³/mol. The Balaban J connectivity index is 0.000000200. The normalized spacial score (nSPS) is 14.9. The van der Waals surface area contributed by atoms with Crippen LogP contribution in [0.2, 0.25) is 15.2 Å². The van der Waals surface area contributed by atoms with Gasteiger partial charge in [0.15, 0.2) is 0 Å². The summed E-state index contributed by atoms with van der Waals surface area (Å²) in [5, 5.41) is 11.6. The van der Waals surface area contributed by atoms with Crippen LogP contribution in [0.25, 0.3) is 0 Å². The van der Waals surface area contributed by atoms with Gasteiger partial charge in [0, 0.05) is 45.6 Å². The van der Waals surface area contributed by atoms with Gasteiger partial charge in [0.25, 0.3) is 0 Å². The summed E-state index contributed by atoms with van der Waals surface area (Å²) in [5.74, 6) is 2.28. The van der Waals surface area contributed by atoms with Crippen LogP contribution in [0.1, 0.15) is 64.2 Å². The van der Waals surface area contributed by atoms with Crippen molar-refractivity contribution >= 4 is 76.0 Å². The van der Waals surface area contributed by atoms with E-state index in [1.165, 1.54) is 70.5 Å². The molecule has 2 heterocycles. The lowest BCUT2D eigenvalue weighted by molar-refractivity contribution is 0.441. The largest absolute Gasteiger partial charge is 0.367 e. The van der Waals surface area contributed by atoms with Gasteiger partial charge in [-0.3, -0.25) is 0 Å². The number of nitrogens with one attached hydrogen (secondary N) is 3. The zero-order valence-corrected chi connectivity index (χ0v) is 27.6. The second-order valence-corrected chi connectivity index (χ2v) is 11.9. The first-order valence-electron chi connectivity index (χ1n) is 14.8. The maximum absolute atomic E-state index is 5.99. The molecule has 2 saturated carbocycles. The molecule has 8 nitrogen and oxygen atoms in total. The third kappa shape index (κ3) is 13.4. The number of benzene rings is 2. The number of aromatic nitrogens is 4. The molecule has 6 rings (SSSR count). The second kappa shape index (κ2) is 19.5. The fourth-order valence-electron chi connectivity index (χ4n) is 4.93. The molecule has 12 heteroatoms. The van der Waals surface area contributed by atoms with Gasteiger partial charge in [-0.05, 0) is 62.1 Å². The molecule has 0 spiro atoms. The molecule has 236 valence electrons. The van der Waals surface area contributed by atoms with E-state index in [0.29, 0.717) is 33.1 Å². The molecule has 0 aliphatic heterocycles. The average Bonchev–Trinajstić information content (AvgIpc) is 2.99. The van der Waals surface area contributed by atoms with E-state index in [2.05, 4.69) is 35.9 Å². The smallest absolute Gasteiger partial charge is 0.135 e. The van der Waals surface area contributed by atoms with Crippen LogP contribution in [0, 0.1) is 0 Å². The van der Waals surface area contributed by atoms with Crippen LogP contribution in [0.15, 0.2) is 73.3 Å². The third-order valence-electron chi connectivity index (χ3n) is 7.10. The Morgan fingerprint density at radius 3 is 1.59 bits per heavy atom. The highest BCUT2D eigenvalue weighted by Gasteiger charge is 2.13. The summed E-state index contributed by atoms with van der Waals surface area (Å²) >= 11 is 17.6. The fraction of sp³-hybridized carbons (Fsp3) is 0.375. The lowest BCUT2D eigenvalue weighted by Gasteiger charge is -2.23. The molecule has 2 aliphatic carbocycles. The molecule has 0 bridgehead atoms. The van der Waals surface area contributed by atoms with E-state index in [-0.39, 0.29) is 12.4 Å². The molecular formula is C32H40Cl4N8. The average molecular weight is 679 g/mol. The Morgan fingerprint density at radius 2 is 1.09 bits per heavy atom. The number of halogens is 4. The Morgan fingerprint density at radius 1 is 0.591 bits per heavy atom. The number of hydrogen-bond acceptors (Lipinski definition) is 8. The van der Waals surface area contributed by atoms with Gasteiger partial charge in [0.1, 0.15) is 35.3 Å². The van der Waals surface area contributed by atoms with Crippen molar-refractivity contribution in [2.24, 2.45) is 5.73 Å². The van der Waals surface area contributed by atoms with Gasteiger partial charge in [-0.1, -0.05) is 85.5 Å². The third-order valence-corrected chi connectivity index (χ3v) is 7.78. The number of anilines is 5. The van der Waals surface area contributed by atoms with E-state index in [0.717, 1.165) is 23.0 Å². The first-order valence-corrected chi connectivity index (χ1v) is 15.9. The van der Waals surface area contributed by atoms with Gasteiger partial charge in [-0.25, -0.2) is 19.9 Å². The molecule has 44 heavy (non-hydrogen) atoms. The zero-order valence-electron chi connectivity index (χ0n) is 24.6. The van der Waals surface area contributed by atoms with E-state index in [1.54, 1.807) is 24.5 Å². The van der Waals surface area contributed by atoms with Gasteiger partial charge >= 0.3 is 0 Å². The lowest BCUT2D eigenvalue weighted by atomic mass is 9.95. The molecule has 2 aliphatic rings. The molecule has 0 amide bonds. The Kier molecular flexibility index (Phi) is 15.8. The van der Waals surface area contributed by atoms with Crippen molar-refractivity contribution < 1.29 is 0 Å². The zero-order chi connectivity index (χ0) is 30.3. The number of nitrogens with zero attached hydrogens (tertiary/aromatic N) is 4. The molecule has 4 aromatic rings.